The molecule has 0 saturated carbocycles. The van der Waals surface area contributed by atoms with Crippen molar-refractivity contribution >= 4 is 23.2 Å². The Morgan fingerprint density at radius 3 is 2.68 bits per heavy atom. The molecule has 0 bridgehead atoms. The van der Waals surface area contributed by atoms with Gasteiger partial charge in [-0.25, -0.2) is 4.98 Å². The summed E-state index contributed by atoms with van der Waals surface area (Å²) >= 11 is 1.38. The van der Waals surface area contributed by atoms with E-state index in [1.54, 1.807) is 5.38 Å². The zero-order valence-corrected chi connectivity index (χ0v) is 10.8. The van der Waals surface area contributed by atoms with Crippen molar-refractivity contribution in [1.29, 1.82) is 0 Å². The molecular weight excluding hydrogens is 264 g/mol. The van der Waals surface area contributed by atoms with E-state index >= 15 is 0 Å². The normalized spacial score (nSPS) is 10.1. The van der Waals surface area contributed by atoms with Crippen molar-refractivity contribution in [1.82, 2.24) is 10.3 Å². The largest absolute Gasteiger partial charge is 0.481 e. The molecule has 2 rings (SSSR count). The maximum absolute atomic E-state index is 11.7. The molecular formula is C13H12N2O3S. The molecule has 0 aliphatic rings. The summed E-state index contributed by atoms with van der Waals surface area (Å²) in [5.74, 6) is -1.29. The lowest BCUT2D eigenvalue weighted by atomic mass is 10.2. The molecule has 6 heteroatoms. The first kappa shape index (κ1) is 13.2. The second kappa shape index (κ2) is 6.10. The highest BCUT2D eigenvalue weighted by molar-refractivity contribution is 7.13. The summed E-state index contributed by atoms with van der Waals surface area (Å²) in [6.45, 7) is 0.104. The zero-order chi connectivity index (χ0) is 13.7. The van der Waals surface area contributed by atoms with Gasteiger partial charge >= 0.3 is 5.97 Å². The standard InChI is InChI=1S/C13H12N2O3S/c16-11(17)6-7-14-12(18)10-8-19-13(15-10)9-4-2-1-3-5-9/h1-5,8H,6-7H2,(H,14,18)(H,16,17). The maximum Gasteiger partial charge on any atom is 0.305 e. The number of aliphatic carboxylic acids is 1. The maximum atomic E-state index is 11.7. The molecule has 0 aliphatic carbocycles. The van der Waals surface area contributed by atoms with Gasteiger partial charge < -0.3 is 10.4 Å². The molecule has 2 N–H and O–H groups in total. The second-order valence-corrected chi connectivity index (χ2v) is 4.66. The van der Waals surface area contributed by atoms with E-state index < -0.39 is 5.97 Å². The number of hydrogen-bond donors (Lipinski definition) is 2. The van der Waals surface area contributed by atoms with E-state index in [-0.39, 0.29) is 18.9 Å². The molecule has 1 aromatic heterocycles. The van der Waals surface area contributed by atoms with Crippen LogP contribution in [0.4, 0.5) is 0 Å². The second-order valence-electron chi connectivity index (χ2n) is 3.80. The number of carbonyl (C=O) groups is 2. The van der Waals surface area contributed by atoms with E-state index in [2.05, 4.69) is 10.3 Å². The Bertz CT molecular complexity index is 581. The number of hydrogen-bond acceptors (Lipinski definition) is 4. The van der Waals surface area contributed by atoms with Crippen LogP contribution in [0, 0.1) is 0 Å². The number of carboxylic acid groups (broad SMARTS) is 1. The number of rotatable bonds is 5. The quantitative estimate of drug-likeness (QED) is 0.875. The van der Waals surface area contributed by atoms with E-state index in [1.165, 1.54) is 11.3 Å². The molecule has 0 atom stereocenters. The Hall–Kier alpha value is -2.21. The number of thiazole rings is 1. The predicted molar refractivity (Wildman–Crippen MR) is 72.1 cm³/mol. The van der Waals surface area contributed by atoms with Gasteiger partial charge in [0, 0.05) is 17.5 Å². The number of amides is 1. The molecule has 1 heterocycles. The van der Waals surface area contributed by atoms with Crippen LogP contribution in [-0.2, 0) is 4.79 Å². The van der Waals surface area contributed by atoms with Crippen LogP contribution in [0.1, 0.15) is 16.9 Å². The fourth-order valence-corrected chi connectivity index (χ4v) is 2.27. The van der Waals surface area contributed by atoms with E-state index in [0.717, 1.165) is 10.6 Å². The Morgan fingerprint density at radius 1 is 1.26 bits per heavy atom. The molecule has 0 fully saturated rings. The average molecular weight is 276 g/mol. The summed E-state index contributed by atoms with van der Waals surface area (Å²) in [6.07, 6.45) is -0.0958. The third kappa shape index (κ3) is 3.62. The van der Waals surface area contributed by atoms with Gasteiger partial charge in [0.15, 0.2) is 0 Å². The lowest BCUT2D eigenvalue weighted by Gasteiger charge is -1.99. The SMILES string of the molecule is O=C(O)CCNC(=O)c1csc(-c2ccccc2)n1. The van der Waals surface area contributed by atoms with Crippen LogP contribution in [-0.4, -0.2) is 28.5 Å². The first-order chi connectivity index (χ1) is 9.16. The predicted octanol–water partition coefficient (Wildman–Crippen LogP) is 2.01. The molecule has 0 spiro atoms. The monoisotopic (exact) mass is 276 g/mol. The molecule has 98 valence electrons. The van der Waals surface area contributed by atoms with Crippen LogP contribution in [0.2, 0.25) is 0 Å². The van der Waals surface area contributed by atoms with E-state index in [1.807, 2.05) is 30.3 Å². The highest BCUT2D eigenvalue weighted by Crippen LogP contribution is 2.23. The van der Waals surface area contributed by atoms with Gasteiger partial charge in [-0.1, -0.05) is 30.3 Å². The summed E-state index contributed by atoms with van der Waals surface area (Å²) < 4.78 is 0. The third-order valence-corrected chi connectivity index (χ3v) is 3.27. The van der Waals surface area contributed by atoms with Crippen LogP contribution < -0.4 is 5.32 Å². The average Bonchev–Trinajstić information content (AvgIpc) is 2.89. The minimum Gasteiger partial charge on any atom is -0.481 e. The molecule has 1 aromatic carbocycles. The lowest BCUT2D eigenvalue weighted by molar-refractivity contribution is -0.136. The van der Waals surface area contributed by atoms with Gasteiger partial charge in [-0.05, 0) is 0 Å². The number of nitrogens with one attached hydrogen (secondary N) is 1. The van der Waals surface area contributed by atoms with Crippen molar-refractivity contribution < 1.29 is 14.7 Å². The van der Waals surface area contributed by atoms with Gasteiger partial charge in [-0.2, -0.15) is 0 Å². The molecule has 1 amide bonds. The zero-order valence-electron chi connectivity index (χ0n) is 10.00. The molecule has 0 unspecified atom stereocenters. The van der Waals surface area contributed by atoms with Crippen LogP contribution in [0.5, 0.6) is 0 Å². The highest BCUT2D eigenvalue weighted by atomic mass is 32.1. The van der Waals surface area contributed by atoms with Crippen molar-refractivity contribution in [2.75, 3.05) is 6.54 Å². The first-order valence-electron chi connectivity index (χ1n) is 5.68. The van der Waals surface area contributed by atoms with Gasteiger partial charge in [0.05, 0.1) is 6.42 Å². The number of carbonyl (C=O) groups excluding carboxylic acids is 1. The molecule has 0 saturated heterocycles. The van der Waals surface area contributed by atoms with Crippen molar-refractivity contribution in [2.45, 2.75) is 6.42 Å². The Labute approximate surface area is 113 Å². The summed E-state index contributed by atoms with van der Waals surface area (Å²) in [5.41, 5.74) is 1.27. The Kier molecular flexibility index (Phi) is 4.25. The van der Waals surface area contributed by atoms with Crippen LogP contribution in [0.25, 0.3) is 10.6 Å². The number of benzene rings is 1. The summed E-state index contributed by atoms with van der Waals surface area (Å²) in [5, 5.41) is 13.4. The van der Waals surface area contributed by atoms with E-state index in [4.69, 9.17) is 5.11 Å². The molecule has 0 radical (unpaired) electrons. The highest BCUT2D eigenvalue weighted by Gasteiger charge is 2.11. The number of carboxylic acids is 1. The Morgan fingerprint density at radius 2 is 2.00 bits per heavy atom. The summed E-state index contributed by atoms with van der Waals surface area (Å²) in [6, 6.07) is 9.57. The first-order valence-corrected chi connectivity index (χ1v) is 6.56. The van der Waals surface area contributed by atoms with Crippen molar-refractivity contribution in [3.05, 3.63) is 41.4 Å². The fraction of sp³-hybridized carbons (Fsp3) is 0.154. The van der Waals surface area contributed by atoms with Crippen molar-refractivity contribution in [3.63, 3.8) is 0 Å². The van der Waals surface area contributed by atoms with Crippen LogP contribution in [0.3, 0.4) is 0 Å². The molecule has 5 nitrogen and oxygen atoms in total. The van der Waals surface area contributed by atoms with Gasteiger partial charge in [0.2, 0.25) is 0 Å². The van der Waals surface area contributed by atoms with Crippen LogP contribution in [0.15, 0.2) is 35.7 Å². The summed E-state index contributed by atoms with van der Waals surface area (Å²) in [4.78, 5) is 26.3. The van der Waals surface area contributed by atoms with E-state index in [0.29, 0.717) is 5.69 Å². The molecule has 2 aromatic rings. The van der Waals surface area contributed by atoms with Gasteiger partial charge in [-0.3, -0.25) is 9.59 Å². The van der Waals surface area contributed by atoms with Gasteiger partial charge in [0.25, 0.3) is 5.91 Å². The van der Waals surface area contributed by atoms with Gasteiger partial charge in [0.1, 0.15) is 10.7 Å². The van der Waals surface area contributed by atoms with Crippen molar-refractivity contribution in [2.24, 2.45) is 0 Å². The summed E-state index contributed by atoms with van der Waals surface area (Å²) in [7, 11) is 0. The minimum atomic E-state index is -0.941. The third-order valence-electron chi connectivity index (χ3n) is 2.38. The molecule has 0 aliphatic heterocycles. The smallest absolute Gasteiger partial charge is 0.305 e. The lowest BCUT2D eigenvalue weighted by Crippen LogP contribution is -2.26. The topological polar surface area (TPSA) is 79.3 Å². The number of nitrogens with zero attached hydrogens (tertiary/aromatic N) is 1. The molecule has 19 heavy (non-hydrogen) atoms. The fourth-order valence-electron chi connectivity index (χ4n) is 1.46. The van der Waals surface area contributed by atoms with Crippen molar-refractivity contribution in [3.8, 4) is 10.6 Å². The minimum absolute atomic E-state index is 0.0958. The van der Waals surface area contributed by atoms with E-state index in [9.17, 15) is 9.59 Å². The Balaban J connectivity index is 2.01. The van der Waals surface area contributed by atoms with Crippen LogP contribution >= 0.6 is 11.3 Å². The van der Waals surface area contributed by atoms with Gasteiger partial charge in [-0.15, -0.1) is 11.3 Å². The number of aromatic nitrogens is 1.